The molecule has 24 heavy (non-hydrogen) atoms. The largest absolute Gasteiger partial charge is 0.495 e. The van der Waals surface area contributed by atoms with Crippen molar-refractivity contribution >= 4 is 21.0 Å². The first kappa shape index (κ1) is 16.5. The first-order chi connectivity index (χ1) is 11.4. The molecule has 0 bridgehead atoms. The van der Waals surface area contributed by atoms with E-state index in [-0.39, 0.29) is 11.4 Å². The summed E-state index contributed by atoms with van der Waals surface area (Å²) in [7, 11) is -0.698. The van der Waals surface area contributed by atoms with E-state index in [1.165, 1.54) is 18.5 Å². The van der Waals surface area contributed by atoms with Crippen LogP contribution in [0.3, 0.4) is 0 Å². The average molecular weight is 345 g/mol. The quantitative estimate of drug-likeness (QED) is 0.709. The van der Waals surface area contributed by atoms with Gasteiger partial charge in [0.25, 0.3) is 0 Å². The second-order valence-corrected chi connectivity index (χ2v) is 7.68. The molecule has 0 unspecified atom stereocenters. The monoisotopic (exact) mass is 345 g/mol. The van der Waals surface area contributed by atoms with Gasteiger partial charge in [0.15, 0.2) is 0 Å². The van der Waals surface area contributed by atoms with Crippen molar-refractivity contribution in [1.29, 1.82) is 0 Å². The molecule has 0 atom stereocenters. The zero-order valence-corrected chi connectivity index (χ0v) is 14.6. The molecular formula is C18H19NO4S. The van der Waals surface area contributed by atoms with E-state index in [4.69, 9.17) is 9.15 Å². The summed E-state index contributed by atoms with van der Waals surface area (Å²) in [5.74, 6) is 0.922. The summed E-state index contributed by atoms with van der Waals surface area (Å²) in [6.07, 6.45) is 0. The lowest BCUT2D eigenvalue weighted by Crippen LogP contribution is -2.26. The number of para-hydroxylation sites is 1. The summed E-state index contributed by atoms with van der Waals surface area (Å²) in [5.41, 5.74) is 1.60. The van der Waals surface area contributed by atoms with E-state index in [1.807, 2.05) is 43.3 Å². The molecule has 0 radical (unpaired) electrons. The highest BCUT2D eigenvalue weighted by atomic mass is 32.2. The maximum atomic E-state index is 12.9. The van der Waals surface area contributed by atoms with Crippen molar-refractivity contribution in [1.82, 2.24) is 4.31 Å². The standard InChI is InChI=1S/C18H19NO4S/c1-13-8-9-17(22-3)18(10-13)24(20,21)19(2)12-15-11-14-6-4-5-7-16(14)23-15/h4-11H,12H2,1-3H3. The van der Waals surface area contributed by atoms with Crippen LogP contribution in [0.2, 0.25) is 0 Å². The molecule has 5 nitrogen and oxygen atoms in total. The maximum Gasteiger partial charge on any atom is 0.246 e. The number of benzene rings is 2. The molecular weight excluding hydrogens is 326 g/mol. The fourth-order valence-electron chi connectivity index (χ4n) is 2.57. The number of hydrogen-bond donors (Lipinski definition) is 0. The van der Waals surface area contributed by atoms with Gasteiger partial charge in [-0.2, -0.15) is 4.31 Å². The van der Waals surface area contributed by atoms with Crippen LogP contribution in [0, 0.1) is 6.92 Å². The van der Waals surface area contributed by atoms with Gasteiger partial charge in [-0.15, -0.1) is 0 Å². The second-order valence-electron chi connectivity index (χ2n) is 5.67. The highest BCUT2D eigenvalue weighted by Crippen LogP contribution is 2.28. The van der Waals surface area contributed by atoms with E-state index in [1.54, 1.807) is 12.1 Å². The van der Waals surface area contributed by atoms with E-state index < -0.39 is 10.0 Å². The van der Waals surface area contributed by atoms with Crippen LogP contribution in [0.25, 0.3) is 11.0 Å². The van der Waals surface area contributed by atoms with E-state index >= 15 is 0 Å². The Hall–Kier alpha value is -2.31. The fraction of sp³-hybridized carbons (Fsp3) is 0.222. The normalized spacial score (nSPS) is 12.0. The number of sulfonamides is 1. The topological polar surface area (TPSA) is 59.8 Å². The minimum absolute atomic E-state index is 0.147. The lowest BCUT2D eigenvalue weighted by Gasteiger charge is -2.18. The number of methoxy groups -OCH3 is 1. The fourth-order valence-corrected chi connectivity index (χ4v) is 3.95. The van der Waals surface area contributed by atoms with Crippen molar-refractivity contribution in [3.05, 3.63) is 59.9 Å². The van der Waals surface area contributed by atoms with Gasteiger partial charge in [-0.1, -0.05) is 24.3 Å². The highest BCUT2D eigenvalue weighted by Gasteiger charge is 2.26. The van der Waals surface area contributed by atoms with Crippen molar-refractivity contribution in [2.75, 3.05) is 14.2 Å². The van der Waals surface area contributed by atoms with Crippen molar-refractivity contribution in [2.45, 2.75) is 18.4 Å². The molecule has 0 spiro atoms. The molecule has 0 aliphatic heterocycles. The Labute approximate surface area is 141 Å². The summed E-state index contributed by atoms with van der Waals surface area (Å²) in [6.45, 7) is 1.99. The molecule has 0 saturated carbocycles. The summed E-state index contributed by atoms with van der Waals surface area (Å²) in [4.78, 5) is 0.156. The van der Waals surface area contributed by atoms with Crippen molar-refractivity contribution in [3.8, 4) is 5.75 Å². The summed E-state index contributed by atoms with van der Waals surface area (Å²) in [5, 5.41) is 0.950. The van der Waals surface area contributed by atoms with Crippen LogP contribution in [-0.2, 0) is 16.6 Å². The number of fused-ring (bicyclic) bond motifs is 1. The van der Waals surface area contributed by atoms with Crippen LogP contribution in [0.1, 0.15) is 11.3 Å². The van der Waals surface area contributed by atoms with E-state index in [9.17, 15) is 8.42 Å². The van der Waals surface area contributed by atoms with Crippen LogP contribution in [0.5, 0.6) is 5.75 Å². The van der Waals surface area contributed by atoms with Crippen LogP contribution in [0.15, 0.2) is 57.8 Å². The predicted molar refractivity (Wildman–Crippen MR) is 92.6 cm³/mol. The molecule has 3 aromatic rings. The van der Waals surface area contributed by atoms with Gasteiger partial charge in [0.1, 0.15) is 22.0 Å². The molecule has 0 amide bonds. The molecule has 1 heterocycles. The van der Waals surface area contributed by atoms with Gasteiger partial charge >= 0.3 is 0 Å². The molecule has 3 rings (SSSR count). The predicted octanol–water partition coefficient (Wildman–Crippen LogP) is 3.57. The van der Waals surface area contributed by atoms with Gasteiger partial charge in [-0.05, 0) is 36.8 Å². The Morgan fingerprint density at radius 1 is 1.12 bits per heavy atom. The number of hydrogen-bond acceptors (Lipinski definition) is 4. The SMILES string of the molecule is COc1ccc(C)cc1S(=O)(=O)N(C)Cc1cc2ccccc2o1. The molecule has 2 aromatic carbocycles. The van der Waals surface area contributed by atoms with Gasteiger partial charge in [0, 0.05) is 12.4 Å². The molecule has 0 aliphatic carbocycles. The third-order valence-electron chi connectivity index (χ3n) is 3.86. The lowest BCUT2D eigenvalue weighted by molar-refractivity contribution is 0.391. The molecule has 0 N–H and O–H groups in total. The van der Waals surface area contributed by atoms with E-state index in [0.29, 0.717) is 11.5 Å². The van der Waals surface area contributed by atoms with E-state index in [2.05, 4.69) is 0 Å². The molecule has 126 valence electrons. The van der Waals surface area contributed by atoms with Crippen molar-refractivity contribution in [3.63, 3.8) is 0 Å². The second kappa shape index (κ2) is 6.30. The Morgan fingerprint density at radius 2 is 1.88 bits per heavy atom. The summed E-state index contributed by atoms with van der Waals surface area (Å²) in [6, 6.07) is 14.5. The Morgan fingerprint density at radius 3 is 2.58 bits per heavy atom. The Balaban J connectivity index is 1.93. The number of furan rings is 1. The van der Waals surface area contributed by atoms with Gasteiger partial charge < -0.3 is 9.15 Å². The zero-order valence-electron chi connectivity index (χ0n) is 13.8. The first-order valence-corrected chi connectivity index (χ1v) is 8.94. The van der Waals surface area contributed by atoms with Crippen LogP contribution in [0.4, 0.5) is 0 Å². The zero-order chi connectivity index (χ0) is 17.3. The smallest absolute Gasteiger partial charge is 0.246 e. The molecule has 1 aromatic heterocycles. The molecule has 0 saturated heterocycles. The minimum atomic E-state index is -3.69. The van der Waals surface area contributed by atoms with Gasteiger partial charge in [-0.3, -0.25) is 0 Å². The lowest BCUT2D eigenvalue weighted by atomic mass is 10.2. The molecule has 6 heteroatoms. The summed E-state index contributed by atoms with van der Waals surface area (Å²) >= 11 is 0. The van der Waals surface area contributed by atoms with Crippen molar-refractivity contribution < 1.29 is 17.6 Å². The number of nitrogens with zero attached hydrogens (tertiary/aromatic N) is 1. The Bertz CT molecular complexity index is 943. The number of ether oxygens (including phenoxy) is 1. The minimum Gasteiger partial charge on any atom is -0.495 e. The number of rotatable bonds is 5. The maximum absolute atomic E-state index is 12.9. The van der Waals surface area contributed by atoms with E-state index in [0.717, 1.165) is 16.5 Å². The van der Waals surface area contributed by atoms with Crippen LogP contribution >= 0.6 is 0 Å². The highest BCUT2D eigenvalue weighted by molar-refractivity contribution is 7.89. The van der Waals surface area contributed by atoms with Crippen LogP contribution in [-0.4, -0.2) is 26.9 Å². The third-order valence-corrected chi connectivity index (χ3v) is 5.69. The third kappa shape index (κ3) is 3.02. The molecule has 0 aliphatic rings. The molecule has 0 fully saturated rings. The van der Waals surface area contributed by atoms with Gasteiger partial charge in [0.2, 0.25) is 10.0 Å². The average Bonchev–Trinajstić information content (AvgIpc) is 2.97. The first-order valence-electron chi connectivity index (χ1n) is 7.50. The van der Waals surface area contributed by atoms with Gasteiger partial charge in [-0.25, -0.2) is 8.42 Å². The van der Waals surface area contributed by atoms with Gasteiger partial charge in [0.05, 0.1) is 13.7 Å². The van der Waals surface area contributed by atoms with Crippen LogP contribution < -0.4 is 4.74 Å². The Kier molecular flexibility index (Phi) is 4.34. The summed E-state index contributed by atoms with van der Waals surface area (Å²) < 4.78 is 38.0. The van der Waals surface area contributed by atoms with Crippen molar-refractivity contribution in [2.24, 2.45) is 0 Å². The number of aryl methyl sites for hydroxylation is 1.